The summed E-state index contributed by atoms with van der Waals surface area (Å²) in [6.45, 7) is 0.441. The van der Waals surface area contributed by atoms with E-state index < -0.39 is 0 Å². The first kappa shape index (κ1) is 10.3. The largest absolute Gasteiger partial charge is 0.472 e. The van der Waals surface area contributed by atoms with Crippen LogP contribution >= 0.6 is 15.9 Å². The lowest BCUT2D eigenvalue weighted by Crippen LogP contribution is -1.99. The molecule has 3 aromatic rings. The lowest BCUT2D eigenvalue weighted by molar-refractivity contribution is 0.366. The number of aromatic nitrogens is 4. The molecule has 3 aromatic heterocycles. The van der Waals surface area contributed by atoms with Crippen LogP contribution in [0.2, 0.25) is 0 Å². The predicted molar refractivity (Wildman–Crippen MR) is 61.0 cm³/mol. The number of rotatable bonds is 3. The Morgan fingerprint density at radius 2 is 2.35 bits per heavy atom. The van der Waals surface area contributed by atoms with Gasteiger partial charge in [0.2, 0.25) is 11.7 Å². The fourth-order valence-corrected chi connectivity index (χ4v) is 1.72. The molecule has 17 heavy (non-hydrogen) atoms. The van der Waals surface area contributed by atoms with E-state index in [-0.39, 0.29) is 0 Å². The maximum absolute atomic E-state index is 5.12. The summed E-state index contributed by atoms with van der Waals surface area (Å²) in [7, 11) is 0. The van der Waals surface area contributed by atoms with Gasteiger partial charge in [-0.1, -0.05) is 5.16 Å². The Hall–Kier alpha value is -1.89. The van der Waals surface area contributed by atoms with Crippen molar-refractivity contribution < 1.29 is 8.94 Å². The smallest absolute Gasteiger partial charge is 0.248 e. The second-order valence-corrected chi connectivity index (χ2v) is 4.30. The third kappa shape index (κ3) is 2.14. The van der Waals surface area contributed by atoms with Crippen molar-refractivity contribution in [2.75, 3.05) is 0 Å². The average molecular weight is 295 g/mol. The highest BCUT2D eigenvalue weighted by Gasteiger charge is 2.10. The summed E-state index contributed by atoms with van der Waals surface area (Å²) in [6.07, 6.45) is 6.67. The summed E-state index contributed by atoms with van der Waals surface area (Å²) in [4.78, 5) is 4.24. The Morgan fingerprint density at radius 1 is 1.41 bits per heavy atom. The molecule has 0 aliphatic rings. The summed E-state index contributed by atoms with van der Waals surface area (Å²) in [6, 6.07) is 1.78. The van der Waals surface area contributed by atoms with Gasteiger partial charge in [0.25, 0.3) is 0 Å². The van der Waals surface area contributed by atoms with Gasteiger partial charge in [0.15, 0.2) is 0 Å². The van der Waals surface area contributed by atoms with E-state index in [4.69, 9.17) is 8.94 Å². The Morgan fingerprint density at radius 3 is 3.06 bits per heavy atom. The summed E-state index contributed by atoms with van der Waals surface area (Å²) in [5.41, 5.74) is 0.793. The van der Waals surface area contributed by atoms with Crippen molar-refractivity contribution in [3.63, 3.8) is 0 Å². The van der Waals surface area contributed by atoms with Crippen molar-refractivity contribution in [3.8, 4) is 11.4 Å². The van der Waals surface area contributed by atoms with Crippen LogP contribution in [0.5, 0.6) is 0 Å². The van der Waals surface area contributed by atoms with Gasteiger partial charge in [0, 0.05) is 6.20 Å². The van der Waals surface area contributed by atoms with Gasteiger partial charge < -0.3 is 8.94 Å². The second-order valence-electron chi connectivity index (χ2n) is 3.38. The molecular weight excluding hydrogens is 288 g/mol. The molecule has 86 valence electrons. The highest BCUT2D eigenvalue weighted by Crippen LogP contribution is 2.16. The van der Waals surface area contributed by atoms with E-state index >= 15 is 0 Å². The van der Waals surface area contributed by atoms with Crippen LogP contribution in [0.1, 0.15) is 5.89 Å². The molecule has 0 radical (unpaired) electrons. The van der Waals surface area contributed by atoms with Gasteiger partial charge in [0.1, 0.15) is 12.8 Å². The third-order valence-electron chi connectivity index (χ3n) is 2.15. The zero-order valence-corrected chi connectivity index (χ0v) is 10.2. The molecule has 0 N–H and O–H groups in total. The van der Waals surface area contributed by atoms with Crippen molar-refractivity contribution in [1.29, 1.82) is 0 Å². The van der Waals surface area contributed by atoms with E-state index in [2.05, 4.69) is 31.2 Å². The van der Waals surface area contributed by atoms with Crippen molar-refractivity contribution in [2.45, 2.75) is 6.54 Å². The standard InChI is InChI=1S/C10H7BrN4O2/c11-8-3-12-15(4-8)5-9-13-10(14-17-9)7-1-2-16-6-7/h1-4,6H,5H2. The Bertz CT molecular complexity index is 614. The Labute approximate surface area is 104 Å². The normalized spacial score (nSPS) is 10.9. The maximum Gasteiger partial charge on any atom is 0.248 e. The second kappa shape index (κ2) is 4.17. The third-order valence-corrected chi connectivity index (χ3v) is 2.56. The molecule has 0 saturated heterocycles. The fraction of sp³-hybridized carbons (Fsp3) is 0.100. The first-order valence-corrected chi connectivity index (χ1v) is 5.64. The van der Waals surface area contributed by atoms with Crippen LogP contribution < -0.4 is 0 Å². The van der Waals surface area contributed by atoms with Gasteiger partial charge >= 0.3 is 0 Å². The lowest BCUT2D eigenvalue weighted by Gasteiger charge is -1.93. The molecule has 0 aliphatic heterocycles. The topological polar surface area (TPSA) is 69.9 Å². The molecule has 0 fully saturated rings. The molecule has 7 heteroatoms. The van der Waals surface area contributed by atoms with Crippen molar-refractivity contribution in [2.24, 2.45) is 0 Å². The van der Waals surface area contributed by atoms with Gasteiger partial charge in [0.05, 0.1) is 22.5 Å². The fourth-order valence-electron chi connectivity index (χ4n) is 1.39. The molecule has 0 aromatic carbocycles. The summed E-state index contributed by atoms with van der Waals surface area (Å²) in [5, 5.41) is 7.97. The van der Waals surface area contributed by atoms with Gasteiger partial charge in [-0.2, -0.15) is 10.1 Å². The molecule has 3 heterocycles. The molecule has 0 aliphatic carbocycles. The SMILES string of the molecule is Brc1cnn(Cc2nc(-c3ccoc3)no2)c1. The van der Waals surface area contributed by atoms with Crippen molar-refractivity contribution >= 4 is 15.9 Å². The van der Waals surface area contributed by atoms with E-state index in [1.807, 2.05) is 6.20 Å². The van der Waals surface area contributed by atoms with Gasteiger partial charge in [-0.05, 0) is 22.0 Å². The van der Waals surface area contributed by atoms with E-state index in [9.17, 15) is 0 Å². The molecular formula is C10H7BrN4O2. The number of hydrogen-bond acceptors (Lipinski definition) is 5. The highest BCUT2D eigenvalue weighted by molar-refractivity contribution is 9.10. The molecule has 0 unspecified atom stereocenters. The first-order valence-electron chi connectivity index (χ1n) is 4.84. The molecule has 0 amide bonds. The lowest BCUT2D eigenvalue weighted by atomic mass is 10.3. The van der Waals surface area contributed by atoms with E-state index in [1.165, 1.54) is 0 Å². The minimum absolute atomic E-state index is 0.441. The number of furan rings is 1. The molecule has 0 atom stereocenters. The monoisotopic (exact) mass is 294 g/mol. The zero-order valence-electron chi connectivity index (χ0n) is 8.58. The van der Waals surface area contributed by atoms with Crippen LogP contribution in [0.25, 0.3) is 11.4 Å². The molecule has 0 bridgehead atoms. The molecule has 3 rings (SSSR count). The van der Waals surface area contributed by atoms with E-state index in [0.29, 0.717) is 18.3 Å². The van der Waals surface area contributed by atoms with Gasteiger partial charge in [-0.15, -0.1) is 0 Å². The van der Waals surface area contributed by atoms with E-state index in [1.54, 1.807) is 29.5 Å². The number of halogens is 1. The minimum Gasteiger partial charge on any atom is -0.472 e. The summed E-state index contributed by atoms with van der Waals surface area (Å²) < 4.78 is 12.7. The zero-order chi connectivity index (χ0) is 11.7. The minimum atomic E-state index is 0.441. The van der Waals surface area contributed by atoms with Crippen LogP contribution in [-0.2, 0) is 6.54 Å². The van der Waals surface area contributed by atoms with Crippen molar-refractivity contribution in [1.82, 2.24) is 19.9 Å². The van der Waals surface area contributed by atoms with E-state index in [0.717, 1.165) is 10.0 Å². The van der Waals surface area contributed by atoms with Crippen molar-refractivity contribution in [3.05, 3.63) is 41.3 Å². The average Bonchev–Trinajstić information content (AvgIpc) is 3.00. The van der Waals surface area contributed by atoms with Crippen LogP contribution in [0.4, 0.5) is 0 Å². The van der Waals surface area contributed by atoms with Crippen LogP contribution in [0, 0.1) is 0 Å². The predicted octanol–water partition coefficient (Wildman–Crippen LogP) is 2.34. The van der Waals surface area contributed by atoms with Gasteiger partial charge in [-0.25, -0.2) is 0 Å². The van der Waals surface area contributed by atoms with Crippen LogP contribution in [-0.4, -0.2) is 19.9 Å². The number of hydrogen-bond donors (Lipinski definition) is 0. The maximum atomic E-state index is 5.12. The summed E-state index contributed by atoms with van der Waals surface area (Å²) in [5.74, 6) is 1.01. The molecule has 0 saturated carbocycles. The summed E-state index contributed by atoms with van der Waals surface area (Å²) >= 11 is 3.32. The first-order chi connectivity index (χ1) is 8.31. The molecule has 0 spiro atoms. The van der Waals surface area contributed by atoms with Crippen LogP contribution in [0.3, 0.4) is 0 Å². The Kier molecular flexibility index (Phi) is 2.52. The molecule has 6 nitrogen and oxygen atoms in total. The Balaban J connectivity index is 1.81. The highest BCUT2D eigenvalue weighted by atomic mass is 79.9. The quantitative estimate of drug-likeness (QED) is 0.741. The number of nitrogens with zero attached hydrogens (tertiary/aromatic N) is 4. The van der Waals surface area contributed by atoms with Gasteiger partial charge in [-0.3, -0.25) is 4.68 Å². The van der Waals surface area contributed by atoms with Crippen LogP contribution in [0.15, 0.2) is 44.4 Å².